The first-order chi connectivity index (χ1) is 27.3. The molecule has 11 aromatic carbocycles. The van der Waals surface area contributed by atoms with Crippen LogP contribution in [0.2, 0.25) is 0 Å². The van der Waals surface area contributed by atoms with Gasteiger partial charge in [-0.25, -0.2) is 0 Å². The lowest BCUT2D eigenvalue weighted by molar-refractivity contribution is 1.66. The van der Waals surface area contributed by atoms with Gasteiger partial charge in [0.2, 0.25) is 0 Å². The molecule has 55 heavy (non-hydrogen) atoms. The SMILES string of the molecule is Brc1c2ccccc2c(-c2cccc3ccccc23)c2ccccc12.c1ccc(-c2c3ccccc3c(-c3cccc4ccccc34)c3ccccc23)cc1. The monoisotopic (exact) mass is 762 g/mol. The van der Waals surface area contributed by atoms with Crippen molar-refractivity contribution >= 4 is 80.6 Å². The summed E-state index contributed by atoms with van der Waals surface area (Å²) in [5.41, 5.74) is 7.78. The summed E-state index contributed by atoms with van der Waals surface area (Å²) in [6.07, 6.45) is 0. The summed E-state index contributed by atoms with van der Waals surface area (Å²) in [6.45, 7) is 0. The van der Waals surface area contributed by atoms with Crippen LogP contribution in [0, 0.1) is 0 Å². The van der Waals surface area contributed by atoms with Gasteiger partial charge in [0.05, 0.1) is 0 Å². The minimum absolute atomic E-state index is 1.17. The molecule has 0 heterocycles. The van der Waals surface area contributed by atoms with Gasteiger partial charge in [-0.05, 0) is 114 Å². The maximum absolute atomic E-state index is 3.84. The number of hydrogen-bond donors (Lipinski definition) is 0. The predicted octanol–water partition coefficient (Wildman–Crippen LogP) is 16.1. The van der Waals surface area contributed by atoms with Crippen molar-refractivity contribution in [1.29, 1.82) is 0 Å². The molecule has 0 aliphatic carbocycles. The van der Waals surface area contributed by atoms with Gasteiger partial charge in [-0.1, -0.05) is 212 Å². The summed E-state index contributed by atoms with van der Waals surface area (Å²) in [5, 5.41) is 15.4. The molecule has 0 unspecified atom stereocenters. The molecule has 11 aromatic rings. The highest BCUT2D eigenvalue weighted by atomic mass is 79.9. The van der Waals surface area contributed by atoms with E-state index in [2.05, 4.69) is 228 Å². The van der Waals surface area contributed by atoms with Gasteiger partial charge >= 0.3 is 0 Å². The summed E-state index contributed by atoms with van der Waals surface area (Å²) >= 11 is 3.84. The average Bonchev–Trinajstić information content (AvgIpc) is 3.26. The van der Waals surface area contributed by atoms with E-state index >= 15 is 0 Å². The van der Waals surface area contributed by atoms with Gasteiger partial charge in [-0.3, -0.25) is 0 Å². The number of hydrogen-bond acceptors (Lipinski definition) is 0. The van der Waals surface area contributed by atoms with Crippen molar-refractivity contribution in [3.05, 3.63) is 217 Å². The van der Waals surface area contributed by atoms with Crippen molar-refractivity contribution in [3.63, 3.8) is 0 Å². The van der Waals surface area contributed by atoms with E-state index in [1.807, 2.05) is 0 Å². The molecule has 0 amide bonds. The lowest BCUT2D eigenvalue weighted by atomic mass is 9.85. The Balaban J connectivity index is 0.000000138. The number of halogens is 1. The maximum Gasteiger partial charge on any atom is 0.0332 e. The fourth-order valence-corrected chi connectivity index (χ4v) is 9.28. The van der Waals surface area contributed by atoms with Gasteiger partial charge in [0, 0.05) is 4.47 Å². The van der Waals surface area contributed by atoms with Crippen LogP contribution in [0.4, 0.5) is 0 Å². The summed E-state index contributed by atoms with van der Waals surface area (Å²) in [6, 6.07) is 76.2. The van der Waals surface area contributed by atoms with E-state index in [-0.39, 0.29) is 0 Å². The maximum atomic E-state index is 3.84. The third kappa shape index (κ3) is 5.68. The Morgan fingerprint density at radius 3 is 0.927 bits per heavy atom. The van der Waals surface area contributed by atoms with Gasteiger partial charge in [0.15, 0.2) is 0 Å². The third-order valence-corrected chi connectivity index (χ3v) is 11.8. The van der Waals surface area contributed by atoms with Crippen molar-refractivity contribution in [1.82, 2.24) is 0 Å². The molecule has 0 atom stereocenters. The quantitative estimate of drug-likeness (QED) is 0.157. The fourth-order valence-electron chi connectivity index (χ4n) is 8.59. The Labute approximate surface area is 329 Å². The second-order valence-corrected chi connectivity index (χ2v) is 14.8. The third-order valence-electron chi connectivity index (χ3n) is 11.0. The van der Waals surface area contributed by atoms with E-state index in [0.717, 1.165) is 0 Å². The molecule has 0 aliphatic heterocycles. The van der Waals surface area contributed by atoms with Gasteiger partial charge in [-0.2, -0.15) is 0 Å². The van der Waals surface area contributed by atoms with E-state index in [9.17, 15) is 0 Å². The summed E-state index contributed by atoms with van der Waals surface area (Å²) in [5.74, 6) is 0. The molecule has 0 saturated heterocycles. The summed E-state index contributed by atoms with van der Waals surface area (Å²) in [7, 11) is 0. The van der Waals surface area contributed by atoms with E-state index in [0.29, 0.717) is 0 Å². The van der Waals surface area contributed by atoms with Crippen molar-refractivity contribution in [2.45, 2.75) is 0 Å². The molecular weight excluding hydrogens is 728 g/mol. The minimum Gasteiger partial charge on any atom is -0.0622 e. The molecule has 0 saturated carbocycles. The standard InChI is InChI=1S/C30H20.C24H15Br/c1-2-12-22(13-3-1)29-25-16-6-8-18-27(25)30(28-19-9-7-17-26(28)29)24-20-10-14-21-11-4-5-15-23(21)24;25-24-21-13-5-3-11-19(21)23(20-12-4-6-14-22(20)24)18-15-7-9-16-8-1-2-10-17(16)18/h1-20H;1-15H. The molecule has 0 nitrogen and oxygen atoms in total. The molecule has 0 spiro atoms. The minimum atomic E-state index is 1.17. The topological polar surface area (TPSA) is 0 Å². The predicted molar refractivity (Wildman–Crippen MR) is 242 cm³/mol. The second kappa shape index (κ2) is 14.0. The number of benzene rings is 11. The van der Waals surface area contributed by atoms with Gasteiger partial charge in [0.1, 0.15) is 0 Å². The molecule has 258 valence electrons. The Bertz CT molecular complexity index is 3090. The Kier molecular flexibility index (Phi) is 8.43. The molecule has 0 bridgehead atoms. The molecule has 0 N–H and O–H groups in total. The molecule has 0 radical (unpaired) electrons. The van der Waals surface area contributed by atoms with Crippen LogP contribution in [0.1, 0.15) is 0 Å². The second-order valence-electron chi connectivity index (χ2n) is 14.0. The van der Waals surface area contributed by atoms with Gasteiger partial charge < -0.3 is 0 Å². The van der Waals surface area contributed by atoms with Gasteiger partial charge in [0.25, 0.3) is 0 Å². The number of fused-ring (bicyclic) bond motifs is 6. The molecule has 0 aliphatic rings. The summed E-state index contributed by atoms with van der Waals surface area (Å²) in [4.78, 5) is 0. The smallest absolute Gasteiger partial charge is 0.0332 e. The van der Waals surface area contributed by atoms with E-state index in [1.54, 1.807) is 0 Å². The van der Waals surface area contributed by atoms with Crippen LogP contribution < -0.4 is 0 Å². The van der Waals surface area contributed by atoms with Crippen LogP contribution >= 0.6 is 15.9 Å². The highest BCUT2D eigenvalue weighted by Crippen LogP contribution is 2.46. The highest BCUT2D eigenvalue weighted by molar-refractivity contribution is 9.10. The lowest BCUT2D eigenvalue weighted by Gasteiger charge is -2.18. The van der Waals surface area contributed by atoms with Crippen LogP contribution in [-0.2, 0) is 0 Å². The molecular formula is C54H35Br. The fraction of sp³-hybridized carbons (Fsp3) is 0. The van der Waals surface area contributed by atoms with Crippen molar-refractivity contribution in [2.75, 3.05) is 0 Å². The lowest BCUT2D eigenvalue weighted by Crippen LogP contribution is -1.91. The van der Waals surface area contributed by atoms with Crippen LogP contribution in [-0.4, -0.2) is 0 Å². The highest BCUT2D eigenvalue weighted by Gasteiger charge is 2.18. The number of rotatable bonds is 3. The van der Waals surface area contributed by atoms with Gasteiger partial charge in [-0.15, -0.1) is 0 Å². The van der Waals surface area contributed by atoms with Crippen LogP contribution in [0.5, 0.6) is 0 Å². The zero-order valence-corrected chi connectivity index (χ0v) is 31.7. The van der Waals surface area contributed by atoms with Crippen LogP contribution in [0.15, 0.2) is 217 Å². The molecule has 0 aromatic heterocycles. The van der Waals surface area contributed by atoms with Crippen molar-refractivity contribution < 1.29 is 0 Å². The normalized spacial score (nSPS) is 11.4. The first-order valence-corrected chi connectivity index (χ1v) is 19.6. The van der Waals surface area contributed by atoms with E-state index < -0.39 is 0 Å². The van der Waals surface area contributed by atoms with Crippen LogP contribution in [0.25, 0.3) is 98.0 Å². The first-order valence-electron chi connectivity index (χ1n) is 18.8. The van der Waals surface area contributed by atoms with E-state index in [1.165, 1.54) is 102 Å². The molecule has 1 heteroatoms. The largest absolute Gasteiger partial charge is 0.0622 e. The Hall–Kier alpha value is -6.54. The molecule has 0 fully saturated rings. The molecule has 11 rings (SSSR count). The van der Waals surface area contributed by atoms with Crippen LogP contribution in [0.3, 0.4) is 0 Å². The van der Waals surface area contributed by atoms with Crippen molar-refractivity contribution in [2.24, 2.45) is 0 Å². The summed E-state index contributed by atoms with van der Waals surface area (Å²) < 4.78 is 1.17. The van der Waals surface area contributed by atoms with Crippen molar-refractivity contribution in [3.8, 4) is 33.4 Å². The Morgan fingerprint density at radius 2 is 0.509 bits per heavy atom. The average molecular weight is 764 g/mol. The zero-order chi connectivity index (χ0) is 36.7. The first kappa shape index (κ1) is 33.1. The van der Waals surface area contributed by atoms with E-state index in [4.69, 9.17) is 0 Å². The zero-order valence-electron chi connectivity index (χ0n) is 30.1. The Morgan fingerprint density at radius 1 is 0.218 bits per heavy atom.